The summed E-state index contributed by atoms with van der Waals surface area (Å²) in [7, 11) is 0. The number of hydrogen-bond acceptors (Lipinski definition) is 4. The van der Waals surface area contributed by atoms with Gasteiger partial charge in [-0.3, -0.25) is 4.79 Å². The number of nitrogens with zero attached hydrogens (tertiary/aromatic N) is 2. The van der Waals surface area contributed by atoms with Gasteiger partial charge in [0.15, 0.2) is 5.13 Å². The van der Waals surface area contributed by atoms with Crippen LogP contribution in [0.4, 0.5) is 15.2 Å². The van der Waals surface area contributed by atoms with Gasteiger partial charge in [-0.1, -0.05) is 29.0 Å². The number of para-hydroxylation sites is 1. The van der Waals surface area contributed by atoms with E-state index in [9.17, 15) is 9.18 Å². The van der Waals surface area contributed by atoms with E-state index in [1.807, 2.05) is 11.0 Å². The van der Waals surface area contributed by atoms with E-state index in [0.29, 0.717) is 23.6 Å². The molecule has 0 saturated carbocycles. The number of amides is 1. The van der Waals surface area contributed by atoms with E-state index in [2.05, 4.69) is 10.3 Å². The van der Waals surface area contributed by atoms with E-state index in [1.54, 1.807) is 30.3 Å². The molecule has 0 unspecified atom stereocenters. The summed E-state index contributed by atoms with van der Waals surface area (Å²) in [5, 5.41) is 4.26. The molecule has 0 spiro atoms. The van der Waals surface area contributed by atoms with Gasteiger partial charge in [0.2, 0.25) is 5.91 Å². The van der Waals surface area contributed by atoms with Crippen LogP contribution in [0.15, 0.2) is 42.5 Å². The molecule has 7 heteroatoms. The van der Waals surface area contributed by atoms with Crippen molar-refractivity contribution in [1.82, 2.24) is 4.98 Å². The van der Waals surface area contributed by atoms with Crippen molar-refractivity contribution in [3.05, 3.63) is 53.3 Å². The van der Waals surface area contributed by atoms with Crippen molar-refractivity contribution in [2.75, 3.05) is 23.3 Å². The standard InChI is InChI=1S/C17H13ClFN3OS/c18-11-4-6-12(7-5-11)20-16(23)10-8-22(9-10)17-21-15-13(19)2-1-3-14(15)24-17/h1-7,10H,8-9H2,(H,20,23). The van der Waals surface area contributed by atoms with Gasteiger partial charge in [-0.25, -0.2) is 9.37 Å². The van der Waals surface area contributed by atoms with Gasteiger partial charge in [-0.2, -0.15) is 0 Å². The number of benzene rings is 2. The third kappa shape index (κ3) is 2.83. The number of thiazole rings is 1. The Morgan fingerprint density at radius 3 is 2.71 bits per heavy atom. The van der Waals surface area contributed by atoms with Crippen LogP contribution in [0.5, 0.6) is 0 Å². The highest BCUT2D eigenvalue weighted by molar-refractivity contribution is 7.22. The first-order chi connectivity index (χ1) is 11.6. The van der Waals surface area contributed by atoms with Crippen molar-refractivity contribution in [2.24, 2.45) is 5.92 Å². The highest BCUT2D eigenvalue weighted by atomic mass is 35.5. The third-order valence-corrected chi connectivity index (χ3v) is 5.33. The molecule has 122 valence electrons. The molecule has 4 nitrogen and oxygen atoms in total. The van der Waals surface area contributed by atoms with E-state index in [1.165, 1.54) is 17.4 Å². The van der Waals surface area contributed by atoms with Crippen molar-refractivity contribution < 1.29 is 9.18 Å². The van der Waals surface area contributed by atoms with Gasteiger partial charge in [0.25, 0.3) is 0 Å². The summed E-state index contributed by atoms with van der Waals surface area (Å²) in [6, 6.07) is 12.0. The Labute approximate surface area is 146 Å². The number of halogens is 2. The van der Waals surface area contributed by atoms with Gasteiger partial charge in [0.1, 0.15) is 11.3 Å². The minimum atomic E-state index is -0.312. The molecule has 1 aromatic heterocycles. The number of carbonyl (C=O) groups excluding carboxylic acids is 1. The van der Waals surface area contributed by atoms with Gasteiger partial charge >= 0.3 is 0 Å². The quantitative estimate of drug-likeness (QED) is 0.761. The van der Waals surface area contributed by atoms with Gasteiger partial charge < -0.3 is 10.2 Å². The Kier molecular flexibility index (Phi) is 3.86. The molecule has 0 atom stereocenters. The van der Waals surface area contributed by atoms with Crippen LogP contribution < -0.4 is 10.2 Å². The SMILES string of the molecule is O=C(Nc1ccc(Cl)cc1)C1CN(c2nc3c(F)cccc3s2)C1. The van der Waals surface area contributed by atoms with Crippen LogP contribution in [0.25, 0.3) is 10.2 Å². The van der Waals surface area contributed by atoms with E-state index in [0.717, 1.165) is 15.5 Å². The van der Waals surface area contributed by atoms with Crippen LogP contribution in [0.1, 0.15) is 0 Å². The fourth-order valence-corrected chi connectivity index (χ4v) is 3.74. The Balaban J connectivity index is 1.40. The van der Waals surface area contributed by atoms with E-state index < -0.39 is 0 Å². The van der Waals surface area contributed by atoms with Crippen LogP contribution in [0, 0.1) is 11.7 Å². The van der Waals surface area contributed by atoms with Crippen molar-refractivity contribution in [3.63, 3.8) is 0 Å². The van der Waals surface area contributed by atoms with E-state index >= 15 is 0 Å². The zero-order valence-corrected chi connectivity index (χ0v) is 14.1. The first-order valence-corrected chi connectivity index (χ1v) is 8.66. The molecule has 4 rings (SSSR count). The summed E-state index contributed by atoms with van der Waals surface area (Å²) in [6.45, 7) is 1.17. The topological polar surface area (TPSA) is 45.2 Å². The number of fused-ring (bicyclic) bond motifs is 1. The summed E-state index contributed by atoms with van der Waals surface area (Å²) >= 11 is 7.27. The Morgan fingerprint density at radius 1 is 1.25 bits per heavy atom. The number of aromatic nitrogens is 1. The Morgan fingerprint density at radius 2 is 2.00 bits per heavy atom. The van der Waals surface area contributed by atoms with E-state index in [-0.39, 0.29) is 17.6 Å². The van der Waals surface area contributed by atoms with Crippen molar-refractivity contribution in [2.45, 2.75) is 0 Å². The van der Waals surface area contributed by atoms with Gasteiger partial charge in [0, 0.05) is 23.8 Å². The molecule has 0 bridgehead atoms. The molecule has 1 aliphatic heterocycles. The number of nitrogens with one attached hydrogen (secondary N) is 1. The second kappa shape index (κ2) is 6.03. The maximum absolute atomic E-state index is 13.7. The first kappa shape index (κ1) is 15.4. The lowest BCUT2D eigenvalue weighted by Crippen LogP contribution is -2.52. The molecular formula is C17H13ClFN3OS. The van der Waals surface area contributed by atoms with Crippen LogP contribution in [-0.4, -0.2) is 24.0 Å². The zero-order valence-electron chi connectivity index (χ0n) is 12.5. The third-order valence-electron chi connectivity index (χ3n) is 3.99. The van der Waals surface area contributed by atoms with Gasteiger partial charge in [0.05, 0.1) is 10.6 Å². The fourth-order valence-electron chi connectivity index (χ4n) is 2.62. The minimum Gasteiger partial charge on any atom is -0.346 e. The second-order valence-electron chi connectivity index (χ2n) is 5.68. The largest absolute Gasteiger partial charge is 0.346 e. The lowest BCUT2D eigenvalue weighted by Gasteiger charge is -2.37. The molecule has 2 heterocycles. The maximum atomic E-state index is 13.7. The van der Waals surface area contributed by atoms with Crippen molar-refractivity contribution >= 4 is 49.9 Å². The summed E-state index contributed by atoms with van der Waals surface area (Å²) in [4.78, 5) is 18.6. The lowest BCUT2D eigenvalue weighted by molar-refractivity contribution is -0.120. The molecule has 1 aliphatic rings. The Bertz CT molecular complexity index is 906. The molecule has 1 amide bonds. The Hall–Kier alpha value is -2.18. The second-order valence-corrected chi connectivity index (χ2v) is 7.13. The zero-order chi connectivity index (χ0) is 16.7. The van der Waals surface area contributed by atoms with Gasteiger partial charge in [-0.05, 0) is 36.4 Å². The summed E-state index contributed by atoms with van der Waals surface area (Å²) < 4.78 is 14.5. The average Bonchev–Trinajstić information content (AvgIpc) is 2.93. The predicted molar refractivity (Wildman–Crippen MR) is 95.4 cm³/mol. The molecule has 24 heavy (non-hydrogen) atoms. The fraction of sp³-hybridized carbons (Fsp3) is 0.176. The van der Waals surface area contributed by atoms with Crippen LogP contribution >= 0.6 is 22.9 Å². The van der Waals surface area contributed by atoms with Crippen LogP contribution in [-0.2, 0) is 4.79 Å². The first-order valence-electron chi connectivity index (χ1n) is 7.46. The highest BCUT2D eigenvalue weighted by Crippen LogP contribution is 2.34. The minimum absolute atomic E-state index is 0.0270. The molecular weight excluding hydrogens is 349 g/mol. The predicted octanol–water partition coefficient (Wildman–Crippen LogP) is 4.16. The molecule has 2 aromatic carbocycles. The molecule has 0 aliphatic carbocycles. The normalized spacial score (nSPS) is 14.7. The molecule has 0 radical (unpaired) electrons. The maximum Gasteiger partial charge on any atom is 0.231 e. The van der Waals surface area contributed by atoms with Crippen LogP contribution in [0.3, 0.4) is 0 Å². The average molecular weight is 362 g/mol. The monoisotopic (exact) mass is 361 g/mol. The van der Waals surface area contributed by atoms with Crippen molar-refractivity contribution in [3.8, 4) is 0 Å². The number of rotatable bonds is 3. The lowest BCUT2D eigenvalue weighted by atomic mass is 10.00. The smallest absolute Gasteiger partial charge is 0.231 e. The number of hydrogen-bond donors (Lipinski definition) is 1. The van der Waals surface area contributed by atoms with Crippen molar-refractivity contribution in [1.29, 1.82) is 0 Å². The molecule has 1 N–H and O–H groups in total. The summed E-state index contributed by atoms with van der Waals surface area (Å²) in [6.07, 6.45) is 0. The molecule has 1 saturated heterocycles. The molecule has 1 fully saturated rings. The van der Waals surface area contributed by atoms with Crippen LogP contribution in [0.2, 0.25) is 5.02 Å². The highest BCUT2D eigenvalue weighted by Gasteiger charge is 2.34. The summed E-state index contributed by atoms with van der Waals surface area (Å²) in [5.74, 6) is -0.439. The summed E-state index contributed by atoms with van der Waals surface area (Å²) in [5.41, 5.74) is 1.12. The molecule has 3 aromatic rings. The number of carbonyl (C=O) groups is 1. The van der Waals surface area contributed by atoms with Gasteiger partial charge in [-0.15, -0.1) is 0 Å². The van der Waals surface area contributed by atoms with E-state index in [4.69, 9.17) is 11.6 Å². The number of anilines is 2.